The van der Waals surface area contributed by atoms with Crippen molar-refractivity contribution in [1.29, 1.82) is 0 Å². The average Bonchev–Trinajstić information content (AvgIpc) is 3.28. The van der Waals surface area contributed by atoms with E-state index in [9.17, 15) is 4.79 Å². The van der Waals surface area contributed by atoms with Crippen LogP contribution in [0, 0.1) is 6.92 Å². The summed E-state index contributed by atoms with van der Waals surface area (Å²) in [5.74, 6) is 1.53. The lowest BCUT2D eigenvalue weighted by atomic mass is 10.1. The summed E-state index contributed by atoms with van der Waals surface area (Å²) < 4.78 is 11.0. The van der Waals surface area contributed by atoms with Gasteiger partial charge in [-0.3, -0.25) is 4.79 Å². The molecule has 0 saturated heterocycles. The molecule has 1 aromatic heterocycles. The number of methoxy groups -OCH3 is 1. The standard InChI is InChI=1S/C24H21N3O3/c1-16-5-3-4-6-21(16)24-27-26-23(30-24)19-11-9-18(10-12-19)22(28)25-15-17-7-13-20(29-2)14-8-17/h3-14H,15H2,1-2H3,(H,25,28). The van der Waals surface area contributed by atoms with Crippen LogP contribution in [0.3, 0.4) is 0 Å². The van der Waals surface area contributed by atoms with Crippen LogP contribution in [0.5, 0.6) is 5.75 Å². The number of hydrogen-bond donors (Lipinski definition) is 1. The molecule has 30 heavy (non-hydrogen) atoms. The number of carbonyl (C=O) groups excluding carboxylic acids is 1. The third kappa shape index (κ3) is 4.22. The van der Waals surface area contributed by atoms with Gasteiger partial charge in [0.1, 0.15) is 5.75 Å². The van der Waals surface area contributed by atoms with E-state index in [0.717, 1.165) is 28.0 Å². The maximum atomic E-state index is 12.4. The molecule has 0 atom stereocenters. The van der Waals surface area contributed by atoms with Crippen molar-refractivity contribution >= 4 is 5.91 Å². The predicted octanol–water partition coefficient (Wildman–Crippen LogP) is 4.65. The summed E-state index contributed by atoms with van der Waals surface area (Å²) in [7, 11) is 1.62. The maximum Gasteiger partial charge on any atom is 0.251 e. The molecule has 1 heterocycles. The van der Waals surface area contributed by atoms with Crippen molar-refractivity contribution in [3.05, 3.63) is 89.5 Å². The van der Waals surface area contributed by atoms with Gasteiger partial charge in [0.2, 0.25) is 11.8 Å². The summed E-state index contributed by atoms with van der Waals surface area (Å²) in [4.78, 5) is 12.4. The van der Waals surface area contributed by atoms with E-state index in [0.29, 0.717) is 23.9 Å². The fraction of sp³-hybridized carbons (Fsp3) is 0.125. The van der Waals surface area contributed by atoms with Crippen molar-refractivity contribution in [3.63, 3.8) is 0 Å². The van der Waals surface area contributed by atoms with E-state index in [1.807, 2.05) is 55.5 Å². The lowest BCUT2D eigenvalue weighted by molar-refractivity contribution is 0.0951. The highest BCUT2D eigenvalue weighted by molar-refractivity contribution is 5.94. The van der Waals surface area contributed by atoms with Crippen LogP contribution in [-0.4, -0.2) is 23.2 Å². The number of aromatic nitrogens is 2. The fourth-order valence-electron chi connectivity index (χ4n) is 3.05. The molecule has 0 radical (unpaired) electrons. The molecule has 0 fully saturated rings. The second-order valence-corrected chi connectivity index (χ2v) is 6.84. The zero-order chi connectivity index (χ0) is 20.9. The predicted molar refractivity (Wildman–Crippen MR) is 114 cm³/mol. The van der Waals surface area contributed by atoms with Crippen molar-refractivity contribution in [2.45, 2.75) is 13.5 Å². The first kappa shape index (κ1) is 19.4. The van der Waals surface area contributed by atoms with Crippen molar-refractivity contribution in [2.75, 3.05) is 7.11 Å². The van der Waals surface area contributed by atoms with Crippen LogP contribution in [0.2, 0.25) is 0 Å². The van der Waals surface area contributed by atoms with E-state index in [2.05, 4.69) is 15.5 Å². The van der Waals surface area contributed by atoms with Gasteiger partial charge in [0, 0.05) is 23.2 Å². The van der Waals surface area contributed by atoms with Crippen LogP contribution in [0.25, 0.3) is 22.9 Å². The molecule has 0 saturated carbocycles. The molecule has 0 bridgehead atoms. The Hall–Kier alpha value is -3.93. The Morgan fingerprint density at radius 3 is 2.33 bits per heavy atom. The Kier molecular flexibility index (Phi) is 5.57. The Morgan fingerprint density at radius 2 is 1.63 bits per heavy atom. The third-order valence-corrected chi connectivity index (χ3v) is 4.81. The van der Waals surface area contributed by atoms with Crippen LogP contribution < -0.4 is 10.1 Å². The first-order valence-electron chi connectivity index (χ1n) is 9.55. The lowest BCUT2D eigenvalue weighted by Gasteiger charge is -2.07. The summed E-state index contributed by atoms with van der Waals surface area (Å²) in [6, 6.07) is 22.5. The van der Waals surface area contributed by atoms with E-state index in [4.69, 9.17) is 9.15 Å². The van der Waals surface area contributed by atoms with Gasteiger partial charge in [0.25, 0.3) is 5.91 Å². The number of aryl methyl sites for hydroxylation is 1. The van der Waals surface area contributed by atoms with E-state index in [1.54, 1.807) is 31.4 Å². The molecule has 1 amide bonds. The molecule has 4 aromatic rings. The molecule has 3 aromatic carbocycles. The van der Waals surface area contributed by atoms with Crippen LogP contribution in [-0.2, 0) is 6.54 Å². The summed E-state index contributed by atoms with van der Waals surface area (Å²) in [6.07, 6.45) is 0. The summed E-state index contributed by atoms with van der Waals surface area (Å²) in [6.45, 7) is 2.44. The molecular weight excluding hydrogens is 378 g/mol. The summed E-state index contributed by atoms with van der Waals surface area (Å²) in [5.41, 5.74) is 4.29. The van der Waals surface area contributed by atoms with E-state index in [-0.39, 0.29) is 5.91 Å². The van der Waals surface area contributed by atoms with Crippen LogP contribution in [0.1, 0.15) is 21.5 Å². The highest BCUT2D eigenvalue weighted by atomic mass is 16.5. The summed E-state index contributed by atoms with van der Waals surface area (Å²) >= 11 is 0. The molecule has 0 aliphatic rings. The van der Waals surface area contributed by atoms with Gasteiger partial charge in [-0.05, 0) is 60.5 Å². The number of nitrogens with zero attached hydrogens (tertiary/aromatic N) is 2. The minimum Gasteiger partial charge on any atom is -0.497 e. The van der Waals surface area contributed by atoms with Crippen molar-refractivity contribution < 1.29 is 13.9 Å². The number of nitrogens with one attached hydrogen (secondary N) is 1. The zero-order valence-electron chi connectivity index (χ0n) is 16.8. The Bertz CT molecular complexity index is 1150. The number of rotatable bonds is 6. The quantitative estimate of drug-likeness (QED) is 0.511. The molecule has 0 spiro atoms. The number of carbonyl (C=O) groups is 1. The Labute approximate surface area is 174 Å². The normalized spacial score (nSPS) is 10.6. The van der Waals surface area contributed by atoms with Crippen molar-refractivity contribution in [2.24, 2.45) is 0 Å². The topological polar surface area (TPSA) is 77.2 Å². The third-order valence-electron chi connectivity index (χ3n) is 4.81. The molecule has 1 N–H and O–H groups in total. The van der Waals surface area contributed by atoms with Crippen LogP contribution >= 0.6 is 0 Å². The maximum absolute atomic E-state index is 12.4. The minimum atomic E-state index is -0.150. The molecule has 0 aliphatic carbocycles. The molecule has 6 nitrogen and oxygen atoms in total. The van der Waals surface area contributed by atoms with Crippen LogP contribution in [0.4, 0.5) is 0 Å². The van der Waals surface area contributed by atoms with Gasteiger partial charge >= 0.3 is 0 Å². The molecule has 6 heteroatoms. The van der Waals surface area contributed by atoms with Crippen molar-refractivity contribution in [3.8, 4) is 28.7 Å². The second-order valence-electron chi connectivity index (χ2n) is 6.84. The molecular formula is C24H21N3O3. The largest absolute Gasteiger partial charge is 0.497 e. The molecule has 0 aliphatic heterocycles. The van der Waals surface area contributed by atoms with E-state index >= 15 is 0 Å². The van der Waals surface area contributed by atoms with Gasteiger partial charge in [0.15, 0.2) is 0 Å². The van der Waals surface area contributed by atoms with Crippen molar-refractivity contribution in [1.82, 2.24) is 15.5 Å². The fourth-order valence-corrected chi connectivity index (χ4v) is 3.05. The highest BCUT2D eigenvalue weighted by Gasteiger charge is 2.13. The number of benzene rings is 3. The van der Waals surface area contributed by atoms with Gasteiger partial charge < -0.3 is 14.5 Å². The second kappa shape index (κ2) is 8.61. The van der Waals surface area contributed by atoms with Gasteiger partial charge in [-0.15, -0.1) is 10.2 Å². The SMILES string of the molecule is COc1ccc(CNC(=O)c2ccc(-c3nnc(-c4ccccc4C)o3)cc2)cc1. The molecule has 4 rings (SSSR count). The minimum absolute atomic E-state index is 0.150. The smallest absolute Gasteiger partial charge is 0.251 e. The Morgan fingerprint density at radius 1 is 0.933 bits per heavy atom. The summed E-state index contributed by atoms with van der Waals surface area (Å²) in [5, 5.41) is 11.2. The number of hydrogen-bond acceptors (Lipinski definition) is 5. The van der Waals surface area contributed by atoms with Gasteiger partial charge in [0.05, 0.1) is 7.11 Å². The van der Waals surface area contributed by atoms with Gasteiger partial charge in [-0.1, -0.05) is 30.3 Å². The van der Waals surface area contributed by atoms with Crippen LogP contribution in [0.15, 0.2) is 77.2 Å². The molecule has 150 valence electrons. The van der Waals surface area contributed by atoms with E-state index in [1.165, 1.54) is 0 Å². The lowest BCUT2D eigenvalue weighted by Crippen LogP contribution is -2.22. The van der Waals surface area contributed by atoms with E-state index < -0.39 is 0 Å². The highest BCUT2D eigenvalue weighted by Crippen LogP contribution is 2.26. The monoisotopic (exact) mass is 399 g/mol. The molecule has 0 unspecified atom stereocenters. The Balaban J connectivity index is 1.42. The van der Waals surface area contributed by atoms with Gasteiger partial charge in [-0.25, -0.2) is 0 Å². The first-order chi connectivity index (χ1) is 14.6. The van der Waals surface area contributed by atoms with Gasteiger partial charge in [-0.2, -0.15) is 0 Å². The zero-order valence-corrected chi connectivity index (χ0v) is 16.8. The number of amides is 1. The number of ether oxygens (including phenoxy) is 1. The first-order valence-corrected chi connectivity index (χ1v) is 9.55. The average molecular weight is 399 g/mol.